The van der Waals surface area contributed by atoms with Gasteiger partial charge in [-0.1, -0.05) is 28.8 Å². The molecular formula is C21H21ClN4O4S2. The number of hydrogen-bond acceptors (Lipinski definition) is 7. The highest BCUT2D eigenvalue weighted by atomic mass is 35.5. The number of aromatic nitrogens is 2. The molecule has 0 saturated carbocycles. The zero-order chi connectivity index (χ0) is 22.7. The number of nitrogens with zero attached hydrogens (tertiary/aromatic N) is 3. The molecule has 1 aromatic heterocycles. The number of thioether (sulfide) groups is 1. The second-order valence-corrected chi connectivity index (χ2v) is 10.4. The molecule has 11 heteroatoms. The van der Waals surface area contributed by atoms with Gasteiger partial charge in [0, 0.05) is 16.5 Å². The van der Waals surface area contributed by atoms with Crippen molar-refractivity contribution >= 4 is 45.3 Å². The summed E-state index contributed by atoms with van der Waals surface area (Å²) < 4.78 is 32.8. The molecule has 1 atom stereocenters. The minimum Gasteiger partial charge on any atom is -0.407 e. The highest BCUT2D eigenvalue weighted by Gasteiger charge is 2.39. The Hall–Kier alpha value is -2.40. The molecule has 0 aliphatic carbocycles. The number of rotatable bonds is 7. The lowest BCUT2D eigenvalue weighted by atomic mass is 10.1. The molecule has 32 heavy (non-hydrogen) atoms. The topological polar surface area (TPSA) is 105 Å². The SMILES string of the molecule is CSc1ccc(Cc2nnc(NC(=O)C3CCCN3S(=O)(=O)c3ccc(Cl)cc3)o2)cc1. The van der Waals surface area contributed by atoms with Crippen molar-refractivity contribution in [1.82, 2.24) is 14.5 Å². The van der Waals surface area contributed by atoms with Crippen LogP contribution in [0.2, 0.25) is 5.02 Å². The average molecular weight is 493 g/mol. The van der Waals surface area contributed by atoms with Gasteiger partial charge in [-0.15, -0.1) is 16.9 Å². The van der Waals surface area contributed by atoms with Gasteiger partial charge in [0.25, 0.3) is 0 Å². The number of carbonyl (C=O) groups excluding carboxylic acids is 1. The smallest absolute Gasteiger partial charge is 0.322 e. The van der Waals surface area contributed by atoms with E-state index in [1.807, 2.05) is 30.5 Å². The fourth-order valence-electron chi connectivity index (χ4n) is 3.51. The first kappa shape index (κ1) is 22.8. The summed E-state index contributed by atoms with van der Waals surface area (Å²) in [4.78, 5) is 14.1. The molecule has 1 unspecified atom stereocenters. The van der Waals surface area contributed by atoms with E-state index in [1.54, 1.807) is 11.8 Å². The molecule has 1 aliphatic rings. The predicted octanol–water partition coefficient (Wildman–Crippen LogP) is 3.83. The number of sulfonamides is 1. The third-order valence-electron chi connectivity index (χ3n) is 5.14. The standard InChI is InChI=1S/C21H21ClN4O4S2/c1-31-16-8-4-14(5-9-16)13-19-24-25-21(30-19)23-20(27)18-3-2-12-26(18)32(28,29)17-10-6-15(22)7-11-17/h4-11,18H,2-3,12-13H2,1H3,(H,23,25,27). The van der Waals surface area contributed by atoms with Gasteiger partial charge in [-0.3, -0.25) is 10.1 Å². The van der Waals surface area contributed by atoms with Crippen LogP contribution >= 0.6 is 23.4 Å². The highest BCUT2D eigenvalue weighted by Crippen LogP contribution is 2.28. The molecule has 0 radical (unpaired) electrons. The third-order valence-corrected chi connectivity index (χ3v) is 8.06. The molecule has 3 aromatic rings. The van der Waals surface area contributed by atoms with Crippen molar-refractivity contribution in [2.75, 3.05) is 18.1 Å². The van der Waals surface area contributed by atoms with Crippen molar-refractivity contribution < 1.29 is 17.6 Å². The zero-order valence-corrected chi connectivity index (χ0v) is 19.6. The lowest BCUT2D eigenvalue weighted by molar-refractivity contribution is -0.119. The maximum Gasteiger partial charge on any atom is 0.322 e. The Balaban J connectivity index is 1.43. The van der Waals surface area contributed by atoms with Crippen molar-refractivity contribution in [2.45, 2.75) is 35.1 Å². The normalized spacial score (nSPS) is 16.9. The summed E-state index contributed by atoms with van der Waals surface area (Å²) in [6, 6.07) is 12.9. The van der Waals surface area contributed by atoms with E-state index >= 15 is 0 Å². The summed E-state index contributed by atoms with van der Waals surface area (Å²) in [5, 5.41) is 10.9. The van der Waals surface area contributed by atoms with Crippen molar-refractivity contribution in [1.29, 1.82) is 0 Å². The van der Waals surface area contributed by atoms with E-state index in [0.717, 1.165) is 10.5 Å². The van der Waals surface area contributed by atoms with Gasteiger partial charge < -0.3 is 4.42 Å². The van der Waals surface area contributed by atoms with Crippen LogP contribution in [0.5, 0.6) is 0 Å². The van der Waals surface area contributed by atoms with Crippen LogP contribution in [0.15, 0.2) is 62.7 Å². The number of anilines is 1. The van der Waals surface area contributed by atoms with Gasteiger partial charge in [-0.2, -0.15) is 4.31 Å². The van der Waals surface area contributed by atoms with E-state index in [4.69, 9.17) is 16.0 Å². The van der Waals surface area contributed by atoms with Gasteiger partial charge >= 0.3 is 6.01 Å². The Morgan fingerprint density at radius 2 is 1.91 bits per heavy atom. The number of hydrogen-bond donors (Lipinski definition) is 1. The average Bonchev–Trinajstić information content (AvgIpc) is 3.45. The molecule has 4 rings (SSSR count). The summed E-state index contributed by atoms with van der Waals surface area (Å²) in [6.07, 6.45) is 3.42. The quantitative estimate of drug-likeness (QED) is 0.499. The van der Waals surface area contributed by atoms with Gasteiger partial charge in [0.05, 0.1) is 11.3 Å². The van der Waals surface area contributed by atoms with Crippen molar-refractivity contribution in [3.05, 3.63) is 65.0 Å². The molecule has 2 heterocycles. The van der Waals surface area contributed by atoms with E-state index in [1.165, 1.54) is 28.6 Å². The van der Waals surface area contributed by atoms with E-state index < -0.39 is 22.0 Å². The molecule has 1 saturated heterocycles. The van der Waals surface area contributed by atoms with Gasteiger partial charge in [-0.25, -0.2) is 8.42 Å². The molecule has 1 amide bonds. The Morgan fingerprint density at radius 1 is 1.19 bits per heavy atom. The molecule has 1 fully saturated rings. The van der Waals surface area contributed by atoms with Gasteiger partial charge in [0.2, 0.25) is 21.8 Å². The molecule has 2 aromatic carbocycles. The Bertz CT molecular complexity index is 1200. The number of amides is 1. The number of benzene rings is 2. The molecule has 0 spiro atoms. The summed E-state index contributed by atoms with van der Waals surface area (Å²) in [6.45, 7) is 0.254. The van der Waals surface area contributed by atoms with Crippen LogP contribution in [-0.2, 0) is 21.2 Å². The third kappa shape index (κ3) is 4.98. The van der Waals surface area contributed by atoms with E-state index in [9.17, 15) is 13.2 Å². The van der Waals surface area contributed by atoms with Crippen LogP contribution in [0, 0.1) is 0 Å². The molecule has 1 aliphatic heterocycles. The lowest BCUT2D eigenvalue weighted by Gasteiger charge is -2.22. The summed E-state index contributed by atoms with van der Waals surface area (Å²) >= 11 is 7.52. The van der Waals surface area contributed by atoms with Crippen LogP contribution in [0.4, 0.5) is 6.01 Å². The fourth-order valence-corrected chi connectivity index (χ4v) is 5.70. The maximum absolute atomic E-state index is 13.0. The van der Waals surface area contributed by atoms with E-state index in [2.05, 4.69) is 15.5 Å². The number of halogens is 1. The predicted molar refractivity (Wildman–Crippen MR) is 122 cm³/mol. The van der Waals surface area contributed by atoms with Gasteiger partial charge in [0.1, 0.15) is 6.04 Å². The molecule has 8 nitrogen and oxygen atoms in total. The van der Waals surface area contributed by atoms with Crippen LogP contribution in [0.25, 0.3) is 0 Å². The first-order valence-electron chi connectivity index (χ1n) is 9.90. The van der Waals surface area contributed by atoms with Crippen molar-refractivity contribution in [3.63, 3.8) is 0 Å². The van der Waals surface area contributed by atoms with E-state index in [-0.39, 0.29) is 17.5 Å². The van der Waals surface area contributed by atoms with Crippen LogP contribution < -0.4 is 5.32 Å². The number of carbonyl (C=O) groups is 1. The van der Waals surface area contributed by atoms with Crippen molar-refractivity contribution in [3.8, 4) is 0 Å². The minimum atomic E-state index is -3.84. The Kier molecular flexibility index (Phi) is 6.85. The fraction of sp³-hybridized carbons (Fsp3) is 0.286. The maximum atomic E-state index is 13.0. The Morgan fingerprint density at radius 3 is 2.59 bits per heavy atom. The first-order valence-corrected chi connectivity index (χ1v) is 12.9. The zero-order valence-electron chi connectivity index (χ0n) is 17.2. The molecule has 168 valence electrons. The Labute approximate surface area is 195 Å². The molecule has 0 bridgehead atoms. The van der Waals surface area contributed by atoms with E-state index in [0.29, 0.717) is 30.2 Å². The largest absolute Gasteiger partial charge is 0.407 e. The van der Waals surface area contributed by atoms with Crippen LogP contribution in [0.3, 0.4) is 0 Å². The monoisotopic (exact) mass is 492 g/mol. The van der Waals surface area contributed by atoms with Gasteiger partial charge in [-0.05, 0) is 61.1 Å². The molecular weight excluding hydrogens is 472 g/mol. The first-order chi connectivity index (χ1) is 15.4. The second-order valence-electron chi connectivity index (χ2n) is 7.24. The van der Waals surface area contributed by atoms with Gasteiger partial charge in [0.15, 0.2) is 0 Å². The highest BCUT2D eigenvalue weighted by molar-refractivity contribution is 7.98. The summed E-state index contributed by atoms with van der Waals surface area (Å²) in [5.41, 5.74) is 1.00. The van der Waals surface area contributed by atoms with Crippen LogP contribution in [0.1, 0.15) is 24.3 Å². The summed E-state index contributed by atoms with van der Waals surface area (Å²) in [7, 11) is -3.84. The number of nitrogens with one attached hydrogen (secondary N) is 1. The second kappa shape index (κ2) is 9.62. The minimum absolute atomic E-state index is 0.0542. The van der Waals surface area contributed by atoms with Crippen molar-refractivity contribution in [2.24, 2.45) is 0 Å². The van der Waals surface area contributed by atoms with Crippen LogP contribution in [-0.4, -0.2) is 47.7 Å². The molecule has 1 N–H and O–H groups in total. The lowest BCUT2D eigenvalue weighted by Crippen LogP contribution is -2.43. The summed E-state index contributed by atoms with van der Waals surface area (Å²) in [5.74, 6) is -0.145.